The molecule has 0 aromatic heterocycles. The van der Waals surface area contributed by atoms with E-state index in [0.29, 0.717) is 12.8 Å². The Morgan fingerprint density at radius 1 is 1.09 bits per heavy atom. The van der Waals surface area contributed by atoms with Crippen LogP contribution in [0.4, 0.5) is 0 Å². The van der Waals surface area contributed by atoms with Crippen molar-refractivity contribution in [1.82, 2.24) is 0 Å². The summed E-state index contributed by atoms with van der Waals surface area (Å²) in [6.45, 7) is 3.64. The first-order valence-corrected chi connectivity index (χ1v) is 8.44. The zero-order valence-electron chi connectivity index (χ0n) is 6.38. The maximum absolute atomic E-state index is 7.62. The van der Waals surface area contributed by atoms with Crippen molar-refractivity contribution in [2.75, 3.05) is 0 Å². The Kier molecular flexibility index (Phi) is 50.2. The Hall–Kier alpha value is 0.248. The Balaban J connectivity index is -0.0000000886. The molecular formula is C6H10Cl2N2Pt. The Bertz CT molecular complexity index is 103. The van der Waals surface area contributed by atoms with E-state index in [1.165, 1.54) is 0 Å². The van der Waals surface area contributed by atoms with E-state index >= 15 is 0 Å². The molecule has 0 aromatic rings. The van der Waals surface area contributed by atoms with Crippen LogP contribution in [0.2, 0.25) is 0 Å². The molecule has 0 aliphatic carbocycles. The monoisotopic (exact) mass is 375 g/mol. The van der Waals surface area contributed by atoms with Crippen LogP contribution in [0.3, 0.4) is 0 Å². The van der Waals surface area contributed by atoms with Crippen molar-refractivity contribution >= 4 is 18.8 Å². The van der Waals surface area contributed by atoms with Gasteiger partial charge in [0.15, 0.2) is 0 Å². The Labute approximate surface area is 84.5 Å². The quantitative estimate of drug-likeness (QED) is 0.652. The predicted molar refractivity (Wildman–Crippen MR) is 43.5 cm³/mol. The number of nitriles is 2. The number of rotatable bonds is 0. The summed E-state index contributed by atoms with van der Waals surface area (Å²) >= 11 is -0.472. The van der Waals surface area contributed by atoms with Crippen molar-refractivity contribution in [3.8, 4) is 12.1 Å². The van der Waals surface area contributed by atoms with Crippen LogP contribution < -0.4 is 0 Å². The van der Waals surface area contributed by atoms with E-state index in [1.807, 2.05) is 26.0 Å². The third kappa shape index (κ3) is 138. The van der Waals surface area contributed by atoms with Crippen LogP contribution in [0.15, 0.2) is 0 Å². The van der Waals surface area contributed by atoms with Crippen molar-refractivity contribution in [1.29, 1.82) is 10.5 Å². The standard InChI is InChI=1S/2C3H5N.2ClH.Pt/c2*1-2-3-4;;;/h2*2H2,1H3;2*1H;/q;;;;+2/p-2. The minimum absolute atomic E-state index is 0.472. The maximum atomic E-state index is 7.62. The molecule has 0 heterocycles. The third-order valence-electron chi connectivity index (χ3n) is 0.316. The third-order valence-corrected chi connectivity index (χ3v) is 0.316. The zero-order chi connectivity index (χ0) is 9.54. The minimum atomic E-state index is -0.472. The molecule has 68 valence electrons. The van der Waals surface area contributed by atoms with Crippen molar-refractivity contribution in [2.45, 2.75) is 26.7 Å². The van der Waals surface area contributed by atoms with Gasteiger partial charge in [-0.1, -0.05) is 13.8 Å². The van der Waals surface area contributed by atoms with Gasteiger partial charge < -0.3 is 0 Å². The van der Waals surface area contributed by atoms with Crippen LogP contribution in [-0.2, 0) is 16.5 Å². The van der Waals surface area contributed by atoms with E-state index in [4.69, 9.17) is 29.4 Å². The summed E-state index contributed by atoms with van der Waals surface area (Å²) in [7, 11) is 9.75. The van der Waals surface area contributed by atoms with Gasteiger partial charge in [0.2, 0.25) is 0 Å². The SMILES string of the molecule is CCC#N.CCC#N.[Cl][Pt][Cl]. The van der Waals surface area contributed by atoms with Gasteiger partial charge in [-0.3, -0.25) is 0 Å². The molecule has 0 radical (unpaired) electrons. The molecule has 0 N–H and O–H groups in total. The second-order valence-electron chi connectivity index (χ2n) is 1.07. The van der Waals surface area contributed by atoms with Gasteiger partial charge in [0.1, 0.15) is 0 Å². The van der Waals surface area contributed by atoms with E-state index in [1.54, 1.807) is 0 Å². The van der Waals surface area contributed by atoms with Crippen LogP contribution in [-0.4, -0.2) is 0 Å². The fraction of sp³-hybridized carbons (Fsp3) is 0.667. The van der Waals surface area contributed by atoms with Crippen LogP contribution >= 0.6 is 18.8 Å². The molecule has 0 saturated carbocycles. The van der Waals surface area contributed by atoms with Crippen molar-refractivity contribution in [2.24, 2.45) is 0 Å². The molecule has 0 unspecified atom stereocenters. The first kappa shape index (κ1) is 17.4. The van der Waals surface area contributed by atoms with Crippen molar-refractivity contribution in [3.63, 3.8) is 0 Å². The molecule has 0 bridgehead atoms. The summed E-state index contributed by atoms with van der Waals surface area (Å²) in [5.74, 6) is 0. The topological polar surface area (TPSA) is 47.6 Å². The summed E-state index contributed by atoms with van der Waals surface area (Å²) < 4.78 is 0. The molecule has 0 atom stereocenters. The van der Waals surface area contributed by atoms with Crippen molar-refractivity contribution < 1.29 is 16.5 Å². The molecule has 0 aliphatic heterocycles. The van der Waals surface area contributed by atoms with E-state index < -0.39 is 16.5 Å². The molecule has 0 aliphatic rings. The first-order chi connectivity index (χ1) is 5.24. The van der Waals surface area contributed by atoms with Gasteiger partial charge in [0.25, 0.3) is 0 Å². The van der Waals surface area contributed by atoms with Crippen LogP contribution in [0.5, 0.6) is 0 Å². The van der Waals surface area contributed by atoms with Crippen LogP contribution in [0, 0.1) is 22.7 Å². The van der Waals surface area contributed by atoms with E-state index in [0.717, 1.165) is 0 Å². The molecule has 0 saturated heterocycles. The van der Waals surface area contributed by atoms with Gasteiger partial charge in [-0.15, -0.1) is 0 Å². The summed E-state index contributed by atoms with van der Waals surface area (Å²) in [5.41, 5.74) is 0. The van der Waals surface area contributed by atoms with Gasteiger partial charge in [-0.25, -0.2) is 0 Å². The van der Waals surface area contributed by atoms with Gasteiger partial charge in [-0.2, -0.15) is 10.5 Å². The fourth-order valence-corrected chi connectivity index (χ4v) is 0. The number of hydrogen-bond acceptors (Lipinski definition) is 2. The van der Waals surface area contributed by atoms with Crippen LogP contribution in [0.1, 0.15) is 26.7 Å². The average molecular weight is 376 g/mol. The summed E-state index contributed by atoms with van der Waals surface area (Å²) in [5, 5.41) is 15.2. The summed E-state index contributed by atoms with van der Waals surface area (Å²) in [6, 6.07) is 3.86. The predicted octanol–water partition coefficient (Wildman–Crippen LogP) is 3.22. The molecule has 0 amide bonds. The number of halogens is 2. The second kappa shape index (κ2) is 31.8. The normalized spacial score (nSPS) is 5.64. The molecule has 0 aromatic carbocycles. The fourth-order valence-electron chi connectivity index (χ4n) is 0. The van der Waals surface area contributed by atoms with Crippen molar-refractivity contribution in [3.05, 3.63) is 0 Å². The zero-order valence-corrected chi connectivity index (χ0v) is 10.2. The van der Waals surface area contributed by atoms with E-state index in [9.17, 15) is 0 Å². The molecule has 0 rings (SSSR count). The number of nitrogens with zero attached hydrogens (tertiary/aromatic N) is 2. The molecular weight excluding hydrogens is 366 g/mol. The van der Waals surface area contributed by atoms with Gasteiger partial charge in [0, 0.05) is 12.8 Å². The number of hydrogen-bond donors (Lipinski definition) is 0. The second-order valence-corrected chi connectivity index (χ2v) is 4.35. The molecule has 0 spiro atoms. The Morgan fingerprint density at radius 3 is 1.18 bits per heavy atom. The summed E-state index contributed by atoms with van der Waals surface area (Å²) in [4.78, 5) is 0. The summed E-state index contributed by atoms with van der Waals surface area (Å²) in [6.07, 6.45) is 1.25. The molecule has 5 heteroatoms. The molecule has 2 nitrogen and oxygen atoms in total. The van der Waals surface area contributed by atoms with Gasteiger partial charge >= 0.3 is 35.3 Å². The van der Waals surface area contributed by atoms with Gasteiger partial charge in [-0.05, 0) is 0 Å². The average Bonchev–Trinajstić information content (AvgIpc) is 2.06. The molecule has 11 heavy (non-hydrogen) atoms. The first-order valence-electron chi connectivity index (χ1n) is 2.81. The Morgan fingerprint density at radius 2 is 1.18 bits per heavy atom. The van der Waals surface area contributed by atoms with E-state index in [2.05, 4.69) is 0 Å². The van der Waals surface area contributed by atoms with Gasteiger partial charge in [0.05, 0.1) is 12.1 Å². The van der Waals surface area contributed by atoms with E-state index in [-0.39, 0.29) is 0 Å². The molecule has 0 fully saturated rings. The van der Waals surface area contributed by atoms with Crippen LogP contribution in [0.25, 0.3) is 0 Å².